The number of likely N-dealkylation sites (tertiary alicyclic amines) is 2. The molecule has 2 amide bonds. The van der Waals surface area contributed by atoms with Gasteiger partial charge in [-0.15, -0.1) is 0 Å². The van der Waals surface area contributed by atoms with Gasteiger partial charge in [0.2, 0.25) is 0 Å². The van der Waals surface area contributed by atoms with Crippen LogP contribution in [0.3, 0.4) is 0 Å². The van der Waals surface area contributed by atoms with E-state index in [-0.39, 0.29) is 44.5 Å². The maximum atomic E-state index is 14.1. The Morgan fingerprint density at radius 1 is 1.00 bits per heavy atom. The van der Waals surface area contributed by atoms with Crippen LogP contribution in [0.5, 0.6) is 0 Å². The van der Waals surface area contributed by atoms with E-state index in [0.717, 1.165) is 4.90 Å². The van der Waals surface area contributed by atoms with Crippen molar-refractivity contribution in [3.63, 3.8) is 0 Å². The largest absolute Gasteiger partial charge is 0.444 e. The Hall–Kier alpha value is -2.25. The number of hydrogen-bond acceptors (Lipinski definition) is 3. The molecule has 0 aromatic heterocycles. The molecule has 2 aliphatic heterocycles. The van der Waals surface area contributed by atoms with Gasteiger partial charge in [-0.1, -0.05) is 18.2 Å². The fourth-order valence-electron chi connectivity index (χ4n) is 4.41. The number of nitrogens with zero attached hydrogens (tertiary/aromatic N) is 2. The van der Waals surface area contributed by atoms with Gasteiger partial charge in [-0.2, -0.15) is 13.2 Å². The fraction of sp³-hybridized carbons (Fsp3) is 0.619. The number of ether oxygens (including phenoxy) is 1. The zero-order valence-electron chi connectivity index (χ0n) is 17.0. The fourth-order valence-corrected chi connectivity index (χ4v) is 4.41. The summed E-state index contributed by atoms with van der Waals surface area (Å²) in [6.07, 6.45) is -4.39. The summed E-state index contributed by atoms with van der Waals surface area (Å²) in [7, 11) is 0. The Bertz CT molecular complexity index is 751. The van der Waals surface area contributed by atoms with Crippen LogP contribution in [0.4, 0.5) is 18.0 Å². The SMILES string of the molecule is CC(C)(C)OC(=O)N1CCC2(CC1)CCN(C(=O)c1ccccc1)C2C(F)(F)F. The van der Waals surface area contributed by atoms with Crippen molar-refractivity contribution in [2.75, 3.05) is 19.6 Å². The zero-order valence-corrected chi connectivity index (χ0v) is 17.0. The second-order valence-corrected chi connectivity index (χ2v) is 8.89. The highest BCUT2D eigenvalue weighted by molar-refractivity contribution is 5.94. The first kappa shape index (κ1) is 21.5. The van der Waals surface area contributed by atoms with Crippen molar-refractivity contribution in [1.29, 1.82) is 0 Å². The van der Waals surface area contributed by atoms with Crippen molar-refractivity contribution < 1.29 is 27.5 Å². The third-order valence-electron chi connectivity index (χ3n) is 5.74. The number of rotatable bonds is 1. The van der Waals surface area contributed by atoms with Crippen LogP contribution in [-0.4, -0.2) is 59.3 Å². The maximum absolute atomic E-state index is 14.1. The van der Waals surface area contributed by atoms with E-state index in [0.29, 0.717) is 0 Å². The lowest BCUT2D eigenvalue weighted by molar-refractivity contribution is -0.198. The van der Waals surface area contributed by atoms with Crippen LogP contribution in [0.2, 0.25) is 0 Å². The monoisotopic (exact) mass is 412 g/mol. The Morgan fingerprint density at radius 2 is 1.55 bits per heavy atom. The highest BCUT2D eigenvalue weighted by Crippen LogP contribution is 2.51. The summed E-state index contributed by atoms with van der Waals surface area (Å²) >= 11 is 0. The Labute approximate surface area is 168 Å². The van der Waals surface area contributed by atoms with E-state index < -0.39 is 35.2 Å². The molecule has 1 aromatic carbocycles. The lowest BCUT2D eigenvalue weighted by atomic mass is 9.72. The number of carbonyl (C=O) groups excluding carboxylic acids is 2. The van der Waals surface area contributed by atoms with Gasteiger partial charge in [0.05, 0.1) is 0 Å². The Kier molecular flexibility index (Phi) is 5.58. The molecule has 2 fully saturated rings. The van der Waals surface area contributed by atoms with Crippen LogP contribution >= 0.6 is 0 Å². The summed E-state index contributed by atoms with van der Waals surface area (Å²) in [5.74, 6) is -0.598. The van der Waals surface area contributed by atoms with Gasteiger partial charge in [0.25, 0.3) is 5.91 Å². The number of alkyl halides is 3. The van der Waals surface area contributed by atoms with E-state index >= 15 is 0 Å². The lowest BCUT2D eigenvalue weighted by Gasteiger charge is -2.44. The Morgan fingerprint density at radius 3 is 2.07 bits per heavy atom. The minimum atomic E-state index is -4.53. The molecule has 2 heterocycles. The number of halogens is 3. The molecular formula is C21H27F3N2O3. The van der Waals surface area contributed by atoms with E-state index in [9.17, 15) is 22.8 Å². The highest BCUT2D eigenvalue weighted by atomic mass is 19.4. The van der Waals surface area contributed by atoms with E-state index in [2.05, 4.69) is 0 Å². The molecule has 3 rings (SSSR count). The van der Waals surface area contributed by atoms with Gasteiger partial charge in [0.15, 0.2) is 0 Å². The van der Waals surface area contributed by atoms with Crippen LogP contribution in [0.15, 0.2) is 30.3 Å². The number of piperidine rings is 1. The minimum absolute atomic E-state index is 0.0599. The molecule has 0 radical (unpaired) electrons. The number of benzene rings is 1. The van der Waals surface area contributed by atoms with Crippen molar-refractivity contribution in [3.8, 4) is 0 Å². The van der Waals surface area contributed by atoms with E-state index in [1.54, 1.807) is 39.0 Å². The summed E-state index contributed by atoms with van der Waals surface area (Å²) in [5.41, 5.74) is -1.47. The molecular weight excluding hydrogens is 385 g/mol. The van der Waals surface area contributed by atoms with Crippen LogP contribution in [0.1, 0.15) is 50.4 Å². The molecule has 0 bridgehead atoms. The van der Waals surface area contributed by atoms with Crippen molar-refractivity contribution in [2.45, 2.75) is 57.9 Å². The van der Waals surface area contributed by atoms with Crippen molar-refractivity contribution in [3.05, 3.63) is 35.9 Å². The normalized spacial score (nSPS) is 22.1. The molecule has 1 aromatic rings. The quantitative estimate of drug-likeness (QED) is 0.683. The van der Waals surface area contributed by atoms with Gasteiger partial charge in [0, 0.05) is 30.6 Å². The van der Waals surface area contributed by atoms with Gasteiger partial charge >= 0.3 is 12.3 Å². The topological polar surface area (TPSA) is 49.9 Å². The van der Waals surface area contributed by atoms with Crippen molar-refractivity contribution in [2.24, 2.45) is 5.41 Å². The highest BCUT2D eigenvalue weighted by Gasteiger charge is 2.61. The number of carbonyl (C=O) groups is 2. The molecule has 5 nitrogen and oxygen atoms in total. The Balaban J connectivity index is 1.78. The molecule has 0 N–H and O–H groups in total. The van der Waals surface area contributed by atoms with Crippen molar-refractivity contribution in [1.82, 2.24) is 9.80 Å². The first-order valence-electron chi connectivity index (χ1n) is 9.84. The van der Waals surface area contributed by atoms with Crippen molar-refractivity contribution >= 4 is 12.0 Å². The third-order valence-corrected chi connectivity index (χ3v) is 5.74. The third kappa shape index (κ3) is 4.51. The van der Waals surface area contributed by atoms with Gasteiger partial charge in [-0.3, -0.25) is 4.79 Å². The predicted molar refractivity (Wildman–Crippen MR) is 101 cm³/mol. The standard InChI is InChI=1S/C21H27F3N2O3/c1-19(2,3)29-18(28)25-12-9-20(10-13-25)11-14-26(17(20)21(22,23)24)16(27)15-7-5-4-6-8-15/h4-8,17H,9-14H2,1-3H3. The molecule has 0 saturated carbocycles. The molecule has 1 unspecified atom stereocenters. The van der Waals surface area contributed by atoms with E-state index in [1.807, 2.05) is 0 Å². The average Bonchev–Trinajstić information content (AvgIpc) is 3.00. The number of hydrogen-bond donors (Lipinski definition) is 0. The second kappa shape index (κ2) is 7.54. The van der Waals surface area contributed by atoms with E-state index in [4.69, 9.17) is 4.74 Å². The smallest absolute Gasteiger partial charge is 0.410 e. The summed E-state index contributed by atoms with van der Waals surface area (Å²) in [6.45, 7) is 5.69. The molecule has 0 aliphatic carbocycles. The summed E-state index contributed by atoms with van der Waals surface area (Å²) in [4.78, 5) is 27.5. The molecule has 2 aliphatic rings. The van der Waals surface area contributed by atoms with Crippen LogP contribution < -0.4 is 0 Å². The van der Waals surface area contributed by atoms with E-state index in [1.165, 1.54) is 17.0 Å². The molecule has 1 atom stereocenters. The first-order valence-corrected chi connectivity index (χ1v) is 9.84. The average molecular weight is 412 g/mol. The van der Waals surface area contributed by atoms with Crippen LogP contribution in [-0.2, 0) is 4.74 Å². The molecule has 1 spiro atoms. The van der Waals surface area contributed by atoms with Gasteiger partial charge in [-0.25, -0.2) is 4.79 Å². The van der Waals surface area contributed by atoms with Gasteiger partial charge in [-0.05, 0) is 52.2 Å². The first-order chi connectivity index (χ1) is 13.4. The van der Waals surface area contributed by atoms with Crippen LogP contribution in [0, 0.1) is 5.41 Å². The second-order valence-electron chi connectivity index (χ2n) is 8.89. The van der Waals surface area contributed by atoms with Crippen LogP contribution in [0.25, 0.3) is 0 Å². The predicted octanol–water partition coefficient (Wildman–Crippen LogP) is 4.48. The maximum Gasteiger partial charge on any atom is 0.410 e. The molecule has 160 valence electrons. The van der Waals surface area contributed by atoms with Gasteiger partial charge in [0.1, 0.15) is 11.6 Å². The number of amides is 2. The van der Waals surface area contributed by atoms with Gasteiger partial charge < -0.3 is 14.5 Å². The lowest BCUT2D eigenvalue weighted by Crippen LogP contribution is -2.56. The minimum Gasteiger partial charge on any atom is -0.444 e. The molecule has 2 saturated heterocycles. The summed E-state index contributed by atoms with van der Waals surface area (Å²) < 4.78 is 47.6. The summed E-state index contributed by atoms with van der Waals surface area (Å²) in [6, 6.07) is 6.22. The molecule has 29 heavy (non-hydrogen) atoms. The molecule has 8 heteroatoms. The zero-order chi connectivity index (χ0) is 21.4. The summed E-state index contributed by atoms with van der Waals surface area (Å²) in [5, 5.41) is 0.